The maximum absolute atomic E-state index is 10.7. The number of nitrogens with zero attached hydrogens (tertiary/aromatic N) is 2. The van der Waals surface area contributed by atoms with Crippen molar-refractivity contribution < 1.29 is 4.92 Å². The van der Waals surface area contributed by atoms with Gasteiger partial charge in [0.25, 0.3) is 5.69 Å². The Morgan fingerprint density at radius 1 is 0.875 bits per heavy atom. The highest BCUT2D eigenvalue weighted by atomic mass is 16.6. The fourth-order valence-electron chi connectivity index (χ4n) is 2.28. The Bertz CT molecular complexity index is 801. The largest absolute Gasteiger partial charge is 0.378 e. The molecule has 0 saturated heterocycles. The van der Waals surface area contributed by atoms with Crippen LogP contribution < -0.4 is 4.90 Å². The first-order valence-corrected chi connectivity index (χ1v) is 7.41. The molecule has 0 spiro atoms. The van der Waals surface area contributed by atoms with Gasteiger partial charge in [0, 0.05) is 31.9 Å². The van der Waals surface area contributed by atoms with Crippen LogP contribution in [0.2, 0.25) is 0 Å². The number of benzene rings is 2. The third kappa shape index (κ3) is 3.60. The molecule has 24 heavy (non-hydrogen) atoms. The number of nitro benzene ring substituents is 1. The van der Waals surface area contributed by atoms with E-state index < -0.39 is 4.92 Å². The second kappa shape index (κ2) is 6.96. The number of rotatable bonds is 6. The lowest BCUT2D eigenvalue weighted by Gasteiger charge is -2.15. The van der Waals surface area contributed by atoms with Crippen molar-refractivity contribution in [1.82, 2.24) is 0 Å². The van der Waals surface area contributed by atoms with Crippen molar-refractivity contribution in [3.63, 3.8) is 0 Å². The Morgan fingerprint density at radius 3 is 1.67 bits per heavy atom. The second-order valence-corrected chi connectivity index (χ2v) is 5.68. The zero-order valence-electron chi connectivity index (χ0n) is 14.0. The fourth-order valence-corrected chi connectivity index (χ4v) is 2.28. The third-order valence-electron chi connectivity index (χ3n) is 3.89. The minimum absolute atomic E-state index is 0.0512. The molecule has 0 atom stereocenters. The maximum atomic E-state index is 10.7. The molecule has 0 saturated carbocycles. The lowest BCUT2D eigenvalue weighted by molar-refractivity contribution is -0.384. The molecule has 0 aliphatic rings. The van der Waals surface area contributed by atoms with E-state index in [9.17, 15) is 10.1 Å². The predicted molar refractivity (Wildman–Crippen MR) is 101 cm³/mol. The van der Waals surface area contributed by atoms with Crippen molar-refractivity contribution in [3.05, 3.63) is 95.1 Å². The van der Waals surface area contributed by atoms with Gasteiger partial charge in [-0.25, -0.2) is 0 Å². The van der Waals surface area contributed by atoms with Crippen molar-refractivity contribution in [2.24, 2.45) is 0 Å². The first-order valence-electron chi connectivity index (χ1n) is 7.41. The van der Waals surface area contributed by atoms with E-state index in [2.05, 4.69) is 19.7 Å². The van der Waals surface area contributed by atoms with Crippen LogP contribution in [-0.4, -0.2) is 19.0 Å². The average molecular weight is 320 g/mol. The standard InChI is InChI=1S/C20H20N2O2/c1-14(15(2)17-6-10-19(11-7-17)21(4)5)16(3)18-8-12-20(13-9-18)22(23)24/h6-13H,1-3H2,4-5H3. The number of non-ortho nitro benzene ring substituents is 1. The summed E-state index contributed by atoms with van der Waals surface area (Å²) in [6.07, 6.45) is 0. The van der Waals surface area contributed by atoms with E-state index in [1.807, 2.05) is 43.3 Å². The second-order valence-electron chi connectivity index (χ2n) is 5.68. The van der Waals surface area contributed by atoms with Gasteiger partial charge in [-0.15, -0.1) is 0 Å². The molecule has 0 radical (unpaired) electrons. The summed E-state index contributed by atoms with van der Waals surface area (Å²) in [5, 5.41) is 10.7. The van der Waals surface area contributed by atoms with E-state index in [1.54, 1.807) is 12.1 Å². The molecule has 0 amide bonds. The van der Waals surface area contributed by atoms with Crippen molar-refractivity contribution >= 4 is 22.5 Å². The van der Waals surface area contributed by atoms with Crippen LogP contribution in [0.3, 0.4) is 0 Å². The number of anilines is 1. The lowest BCUT2D eigenvalue weighted by atomic mass is 9.91. The van der Waals surface area contributed by atoms with Gasteiger partial charge in [-0.3, -0.25) is 10.1 Å². The van der Waals surface area contributed by atoms with Gasteiger partial charge in [-0.05, 0) is 52.1 Å². The monoisotopic (exact) mass is 320 g/mol. The van der Waals surface area contributed by atoms with Gasteiger partial charge in [0.05, 0.1) is 4.92 Å². The highest BCUT2D eigenvalue weighted by Crippen LogP contribution is 2.32. The smallest absolute Gasteiger partial charge is 0.269 e. The lowest BCUT2D eigenvalue weighted by Crippen LogP contribution is -2.08. The van der Waals surface area contributed by atoms with E-state index in [0.29, 0.717) is 11.1 Å². The van der Waals surface area contributed by atoms with Crippen LogP contribution in [0.1, 0.15) is 11.1 Å². The number of nitro groups is 1. The van der Waals surface area contributed by atoms with Crippen LogP contribution in [0.4, 0.5) is 11.4 Å². The fraction of sp³-hybridized carbons (Fsp3) is 0.100. The van der Waals surface area contributed by atoms with Gasteiger partial charge in [-0.1, -0.05) is 31.9 Å². The van der Waals surface area contributed by atoms with Crippen LogP contribution in [0.5, 0.6) is 0 Å². The first-order chi connectivity index (χ1) is 11.3. The summed E-state index contributed by atoms with van der Waals surface area (Å²) in [5.74, 6) is 0. The highest BCUT2D eigenvalue weighted by Gasteiger charge is 2.11. The first kappa shape index (κ1) is 17.2. The van der Waals surface area contributed by atoms with Gasteiger partial charge < -0.3 is 4.90 Å². The molecule has 0 fully saturated rings. The summed E-state index contributed by atoms with van der Waals surface area (Å²) in [5.41, 5.74) is 5.10. The number of hydrogen-bond donors (Lipinski definition) is 0. The van der Waals surface area contributed by atoms with E-state index >= 15 is 0 Å². The number of allylic oxidation sites excluding steroid dienone is 3. The Kier molecular flexibility index (Phi) is 4.99. The number of hydrogen-bond acceptors (Lipinski definition) is 3. The minimum Gasteiger partial charge on any atom is -0.378 e. The summed E-state index contributed by atoms with van der Waals surface area (Å²) in [4.78, 5) is 12.3. The molecular weight excluding hydrogens is 300 g/mol. The van der Waals surface area contributed by atoms with Crippen LogP contribution in [0.25, 0.3) is 11.1 Å². The molecule has 0 unspecified atom stereocenters. The zero-order chi connectivity index (χ0) is 17.9. The molecule has 4 heteroatoms. The van der Waals surface area contributed by atoms with Crippen LogP contribution >= 0.6 is 0 Å². The van der Waals surface area contributed by atoms with E-state index in [4.69, 9.17) is 0 Å². The maximum Gasteiger partial charge on any atom is 0.269 e. The van der Waals surface area contributed by atoms with Gasteiger partial charge in [0.1, 0.15) is 0 Å². The van der Waals surface area contributed by atoms with Crippen LogP contribution in [0, 0.1) is 10.1 Å². The minimum atomic E-state index is -0.424. The van der Waals surface area contributed by atoms with Crippen LogP contribution in [-0.2, 0) is 0 Å². The molecule has 0 bridgehead atoms. The predicted octanol–water partition coefficient (Wildman–Crippen LogP) is 4.94. The van der Waals surface area contributed by atoms with Gasteiger partial charge >= 0.3 is 0 Å². The average Bonchev–Trinajstić information content (AvgIpc) is 2.60. The topological polar surface area (TPSA) is 46.4 Å². The molecule has 2 aromatic rings. The summed E-state index contributed by atoms with van der Waals surface area (Å²) in [6.45, 7) is 12.2. The zero-order valence-corrected chi connectivity index (χ0v) is 14.0. The Labute approximate surface area is 142 Å². The molecule has 0 N–H and O–H groups in total. The van der Waals surface area contributed by atoms with E-state index in [-0.39, 0.29) is 5.69 Å². The molecule has 2 rings (SSSR count). The van der Waals surface area contributed by atoms with Crippen LogP contribution in [0.15, 0.2) is 73.8 Å². The normalized spacial score (nSPS) is 10.1. The third-order valence-corrected chi connectivity index (χ3v) is 3.89. The van der Waals surface area contributed by atoms with Crippen molar-refractivity contribution in [1.29, 1.82) is 0 Å². The molecule has 0 aliphatic carbocycles. The summed E-state index contributed by atoms with van der Waals surface area (Å²) < 4.78 is 0. The van der Waals surface area contributed by atoms with Crippen molar-refractivity contribution in [2.75, 3.05) is 19.0 Å². The van der Waals surface area contributed by atoms with E-state index in [1.165, 1.54) is 12.1 Å². The van der Waals surface area contributed by atoms with Crippen molar-refractivity contribution in [3.8, 4) is 0 Å². The molecule has 0 aliphatic heterocycles. The molecular formula is C20H20N2O2. The quantitative estimate of drug-likeness (QED) is 0.430. The molecule has 122 valence electrons. The SMILES string of the molecule is C=C(C(=C)c1ccc(N(C)C)cc1)C(=C)c1ccc([N+](=O)[O-])cc1. The Morgan fingerprint density at radius 2 is 1.29 bits per heavy atom. The Balaban J connectivity index is 2.19. The highest BCUT2D eigenvalue weighted by molar-refractivity contribution is 5.96. The van der Waals surface area contributed by atoms with Gasteiger partial charge in [-0.2, -0.15) is 0 Å². The summed E-state index contributed by atoms with van der Waals surface area (Å²) >= 11 is 0. The molecule has 2 aromatic carbocycles. The van der Waals surface area contributed by atoms with E-state index in [0.717, 1.165) is 22.4 Å². The summed E-state index contributed by atoms with van der Waals surface area (Å²) in [6, 6.07) is 14.3. The van der Waals surface area contributed by atoms with Crippen molar-refractivity contribution in [2.45, 2.75) is 0 Å². The Hall–Kier alpha value is -3.14. The molecule has 0 aromatic heterocycles. The van der Waals surface area contributed by atoms with Gasteiger partial charge in [0.2, 0.25) is 0 Å². The molecule has 0 heterocycles. The van der Waals surface area contributed by atoms with Gasteiger partial charge in [0.15, 0.2) is 0 Å². The molecule has 4 nitrogen and oxygen atoms in total. The summed E-state index contributed by atoms with van der Waals surface area (Å²) in [7, 11) is 3.97.